The van der Waals surface area contributed by atoms with Gasteiger partial charge in [0.2, 0.25) is 0 Å². The third-order valence-corrected chi connectivity index (χ3v) is 8.23. The summed E-state index contributed by atoms with van der Waals surface area (Å²) in [5, 5.41) is 12.0. The molecule has 2 saturated heterocycles. The Kier molecular flexibility index (Phi) is 5.34. The van der Waals surface area contributed by atoms with Gasteiger partial charge in [0.15, 0.2) is 0 Å². The van der Waals surface area contributed by atoms with Gasteiger partial charge < -0.3 is 14.9 Å². The van der Waals surface area contributed by atoms with Gasteiger partial charge in [0.05, 0.1) is 16.3 Å². The van der Waals surface area contributed by atoms with E-state index in [4.69, 9.17) is 0 Å². The van der Waals surface area contributed by atoms with E-state index in [1.807, 2.05) is 18.7 Å². The van der Waals surface area contributed by atoms with Crippen molar-refractivity contribution in [3.05, 3.63) is 15.6 Å². The molecule has 1 aromatic heterocycles. The number of aromatic nitrogens is 1. The normalized spacial score (nSPS) is 25.2. The van der Waals surface area contributed by atoms with Gasteiger partial charge >= 0.3 is 0 Å². The van der Waals surface area contributed by atoms with Crippen molar-refractivity contribution in [2.45, 2.75) is 70.8 Å². The number of rotatable bonds is 3. The first-order valence-electron chi connectivity index (χ1n) is 10.6. The van der Waals surface area contributed by atoms with Crippen LogP contribution in [-0.4, -0.2) is 64.1 Å². The van der Waals surface area contributed by atoms with E-state index in [2.05, 4.69) is 9.88 Å². The fourth-order valence-corrected chi connectivity index (χ4v) is 6.21. The van der Waals surface area contributed by atoms with E-state index in [1.54, 1.807) is 0 Å². The number of piperidine rings is 1. The predicted octanol–water partition coefficient (Wildman–Crippen LogP) is 3.38. The fourth-order valence-electron chi connectivity index (χ4n) is 5.32. The first kappa shape index (κ1) is 19.3. The summed E-state index contributed by atoms with van der Waals surface area (Å²) in [6.07, 6.45) is 8.78. The van der Waals surface area contributed by atoms with Gasteiger partial charge in [-0.05, 0) is 83.7 Å². The zero-order valence-corrected chi connectivity index (χ0v) is 17.6. The minimum atomic E-state index is -0.486. The molecule has 1 aliphatic carbocycles. The number of thiazole rings is 1. The van der Waals surface area contributed by atoms with Crippen LogP contribution in [0.5, 0.6) is 0 Å². The Morgan fingerprint density at radius 1 is 1.04 bits per heavy atom. The second-order valence-corrected chi connectivity index (χ2v) is 10.4. The van der Waals surface area contributed by atoms with Gasteiger partial charge in [-0.3, -0.25) is 4.79 Å². The smallest absolute Gasteiger partial charge is 0.265 e. The zero-order chi connectivity index (χ0) is 19.1. The average Bonchev–Trinajstić information content (AvgIpc) is 3.27. The van der Waals surface area contributed by atoms with Crippen LogP contribution in [0.3, 0.4) is 0 Å². The third kappa shape index (κ3) is 4.08. The average molecular weight is 392 g/mol. The molecule has 0 atom stereocenters. The number of amides is 1. The standard InChI is InChI=1S/C21H33N3O2S/c1-16-18(27-17(2)22-16)19(25)24-13-9-20(10-14-24)5-7-21(26,8-6-20)15-23-11-3-4-12-23/h26H,3-15H2,1-2H3. The van der Waals surface area contributed by atoms with Gasteiger partial charge in [0.25, 0.3) is 5.91 Å². The predicted molar refractivity (Wildman–Crippen MR) is 108 cm³/mol. The molecule has 0 radical (unpaired) electrons. The molecule has 1 aromatic rings. The molecule has 0 unspecified atom stereocenters. The summed E-state index contributed by atoms with van der Waals surface area (Å²) < 4.78 is 0. The molecule has 3 aliphatic rings. The van der Waals surface area contributed by atoms with Crippen LogP contribution in [0.15, 0.2) is 0 Å². The lowest BCUT2D eigenvalue weighted by molar-refractivity contribution is -0.0647. The van der Waals surface area contributed by atoms with Crippen LogP contribution >= 0.6 is 11.3 Å². The summed E-state index contributed by atoms with van der Waals surface area (Å²) in [5.41, 5.74) is 0.722. The number of hydrogen-bond donors (Lipinski definition) is 1. The zero-order valence-electron chi connectivity index (χ0n) is 16.8. The number of aliphatic hydroxyl groups is 1. The van der Waals surface area contributed by atoms with E-state index in [0.29, 0.717) is 5.41 Å². The molecule has 4 rings (SSSR count). The second-order valence-electron chi connectivity index (χ2n) is 9.15. The monoisotopic (exact) mass is 391 g/mol. The first-order chi connectivity index (χ1) is 12.9. The number of carbonyl (C=O) groups is 1. The molecule has 0 aromatic carbocycles. The Balaban J connectivity index is 1.31. The summed E-state index contributed by atoms with van der Waals surface area (Å²) in [7, 11) is 0. The van der Waals surface area contributed by atoms with Gasteiger partial charge in [-0.1, -0.05) is 0 Å². The van der Waals surface area contributed by atoms with Crippen LogP contribution in [-0.2, 0) is 0 Å². The molecule has 1 spiro atoms. The molecule has 1 saturated carbocycles. The van der Waals surface area contributed by atoms with E-state index < -0.39 is 5.60 Å². The van der Waals surface area contributed by atoms with Gasteiger partial charge in [0.1, 0.15) is 4.88 Å². The lowest BCUT2D eigenvalue weighted by atomic mass is 9.64. The minimum Gasteiger partial charge on any atom is -0.389 e. The van der Waals surface area contributed by atoms with Crippen molar-refractivity contribution in [2.24, 2.45) is 5.41 Å². The number of hydrogen-bond acceptors (Lipinski definition) is 5. The van der Waals surface area contributed by atoms with E-state index in [-0.39, 0.29) is 5.91 Å². The van der Waals surface area contributed by atoms with Crippen molar-refractivity contribution in [3.8, 4) is 0 Å². The minimum absolute atomic E-state index is 0.161. The largest absolute Gasteiger partial charge is 0.389 e. The quantitative estimate of drug-likeness (QED) is 0.858. The number of nitrogens with zero attached hydrogens (tertiary/aromatic N) is 3. The van der Waals surface area contributed by atoms with Crippen LogP contribution in [0.1, 0.15) is 71.7 Å². The summed E-state index contributed by atoms with van der Waals surface area (Å²) in [6.45, 7) is 8.76. The molecule has 5 nitrogen and oxygen atoms in total. The fraction of sp³-hybridized carbons (Fsp3) is 0.810. The Morgan fingerprint density at radius 3 is 2.22 bits per heavy atom. The van der Waals surface area contributed by atoms with Crippen molar-refractivity contribution in [2.75, 3.05) is 32.7 Å². The highest BCUT2D eigenvalue weighted by molar-refractivity contribution is 7.13. The van der Waals surface area contributed by atoms with Crippen LogP contribution in [0.4, 0.5) is 0 Å². The molecular weight excluding hydrogens is 358 g/mol. The van der Waals surface area contributed by atoms with Crippen molar-refractivity contribution >= 4 is 17.2 Å². The van der Waals surface area contributed by atoms with E-state index in [1.165, 1.54) is 24.2 Å². The molecule has 1 N–H and O–H groups in total. The molecule has 27 heavy (non-hydrogen) atoms. The van der Waals surface area contributed by atoms with E-state index >= 15 is 0 Å². The molecule has 1 amide bonds. The summed E-state index contributed by atoms with van der Waals surface area (Å²) in [6, 6.07) is 0. The van der Waals surface area contributed by atoms with E-state index in [0.717, 1.165) is 86.8 Å². The van der Waals surface area contributed by atoms with Crippen molar-refractivity contribution < 1.29 is 9.90 Å². The Labute approximate surface area is 166 Å². The Morgan fingerprint density at radius 2 is 1.67 bits per heavy atom. The van der Waals surface area contributed by atoms with Crippen molar-refractivity contribution in [1.29, 1.82) is 0 Å². The highest BCUT2D eigenvalue weighted by Gasteiger charge is 2.44. The second kappa shape index (κ2) is 7.45. The van der Waals surface area contributed by atoms with Crippen molar-refractivity contribution in [1.82, 2.24) is 14.8 Å². The maximum atomic E-state index is 12.9. The molecular formula is C21H33N3O2S. The SMILES string of the molecule is Cc1nc(C)c(C(=O)N2CCC3(CC2)CCC(O)(CN2CCCC2)CC3)s1. The third-order valence-electron chi connectivity index (χ3n) is 7.17. The number of carbonyl (C=O) groups excluding carboxylic acids is 1. The molecule has 0 bridgehead atoms. The van der Waals surface area contributed by atoms with Crippen LogP contribution in [0.25, 0.3) is 0 Å². The van der Waals surface area contributed by atoms with Crippen LogP contribution < -0.4 is 0 Å². The Bertz CT molecular complexity index is 678. The molecule has 3 fully saturated rings. The highest BCUT2D eigenvalue weighted by Crippen LogP contribution is 2.48. The van der Waals surface area contributed by atoms with Gasteiger partial charge in [-0.2, -0.15) is 0 Å². The summed E-state index contributed by atoms with van der Waals surface area (Å²) >= 11 is 1.52. The van der Waals surface area contributed by atoms with E-state index in [9.17, 15) is 9.90 Å². The Hall–Kier alpha value is -0.980. The first-order valence-corrected chi connectivity index (χ1v) is 11.4. The molecule has 150 valence electrons. The van der Waals surface area contributed by atoms with Crippen LogP contribution in [0, 0.1) is 19.3 Å². The lowest BCUT2D eigenvalue weighted by Crippen LogP contribution is -2.50. The number of aryl methyl sites for hydroxylation is 2. The van der Waals surface area contributed by atoms with Gasteiger partial charge in [-0.15, -0.1) is 11.3 Å². The molecule has 6 heteroatoms. The van der Waals surface area contributed by atoms with Crippen LogP contribution in [0.2, 0.25) is 0 Å². The molecule has 3 heterocycles. The van der Waals surface area contributed by atoms with Gasteiger partial charge in [0, 0.05) is 19.6 Å². The summed E-state index contributed by atoms with van der Waals surface area (Å²) in [5.74, 6) is 0.161. The highest BCUT2D eigenvalue weighted by atomic mass is 32.1. The maximum absolute atomic E-state index is 12.9. The molecule has 2 aliphatic heterocycles. The van der Waals surface area contributed by atoms with Gasteiger partial charge in [-0.25, -0.2) is 4.98 Å². The van der Waals surface area contributed by atoms with Crippen molar-refractivity contribution in [3.63, 3.8) is 0 Å². The topological polar surface area (TPSA) is 56.7 Å². The number of β-amino-alcohol motifs (C(OH)–C–C–N with tert-alkyl or cyclic N) is 1. The maximum Gasteiger partial charge on any atom is 0.265 e. The number of likely N-dealkylation sites (tertiary alicyclic amines) is 2. The summed E-state index contributed by atoms with van der Waals surface area (Å²) in [4.78, 5) is 22.5. The lowest BCUT2D eigenvalue weighted by Gasteiger charge is -2.49.